The van der Waals surface area contributed by atoms with E-state index in [0.717, 1.165) is 22.3 Å². The van der Waals surface area contributed by atoms with Crippen molar-refractivity contribution in [3.8, 4) is 0 Å². The lowest BCUT2D eigenvalue weighted by molar-refractivity contribution is -0.145. The van der Waals surface area contributed by atoms with Gasteiger partial charge < -0.3 is 25.8 Å². The summed E-state index contributed by atoms with van der Waals surface area (Å²) in [5.74, 6) is -1.83. The Kier molecular flexibility index (Phi) is 7.80. The molecule has 2 aromatic rings. The molecule has 0 bridgehead atoms. The number of fused-ring (bicyclic) bond motifs is 1. The summed E-state index contributed by atoms with van der Waals surface area (Å²) < 4.78 is 13.5. The van der Waals surface area contributed by atoms with Crippen LogP contribution in [-0.4, -0.2) is 58.7 Å². The zero-order chi connectivity index (χ0) is 27.4. The molecule has 0 fully saturated rings. The summed E-state index contributed by atoms with van der Waals surface area (Å²) in [5.41, 5.74) is 3.77. The zero-order valence-corrected chi connectivity index (χ0v) is 21.8. The first-order valence-electron chi connectivity index (χ1n) is 12.5. The van der Waals surface area contributed by atoms with Crippen LogP contribution in [0.5, 0.6) is 0 Å². The molecule has 5 amide bonds. The second kappa shape index (κ2) is 11.0. The molecule has 4 rings (SSSR count). The van der Waals surface area contributed by atoms with Crippen LogP contribution >= 0.6 is 0 Å². The summed E-state index contributed by atoms with van der Waals surface area (Å²) in [6, 6.07) is 11.8. The Bertz CT molecular complexity index is 1290. The summed E-state index contributed by atoms with van der Waals surface area (Å²) in [4.78, 5) is 52.0. The highest BCUT2D eigenvalue weighted by Crippen LogP contribution is 2.26. The maximum absolute atomic E-state index is 13.5. The predicted octanol–water partition coefficient (Wildman–Crippen LogP) is 3.02. The molecule has 3 N–H and O–H groups in total. The van der Waals surface area contributed by atoms with E-state index < -0.39 is 17.4 Å². The lowest BCUT2D eigenvalue weighted by atomic mass is 9.99. The number of rotatable bonds is 5. The number of urea groups is 1. The van der Waals surface area contributed by atoms with Crippen LogP contribution in [0, 0.1) is 5.82 Å². The first kappa shape index (κ1) is 26.8. The number of hydrogen-bond acceptors (Lipinski definition) is 4. The van der Waals surface area contributed by atoms with Gasteiger partial charge in [0.15, 0.2) is 0 Å². The van der Waals surface area contributed by atoms with Gasteiger partial charge in [-0.1, -0.05) is 24.3 Å². The summed E-state index contributed by atoms with van der Waals surface area (Å²) in [6.07, 6.45) is 2.51. The van der Waals surface area contributed by atoms with Gasteiger partial charge >= 0.3 is 17.8 Å². The molecule has 38 heavy (non-hydrogen) atoms. The van der Waals surface area contributed by atoms with E-state index in [1.165, 1.54) is 24.0 Å². The van der Waals surface area contributed by atoms with Crippen molar-refractivity contribution in [1.29, 1.82) is 0 Å². The Morgan fingerprint density at radius 1 is 0.974 bits per heavy atom. The molecule has 9 nitrogen and oxygen atoms in total. The molecule has 0 aromatic heterocycles. The van der Waals surface area contributed by atoms with Crippen molar-refractivity contribution in [2.75, 3.05) is 25.0 Å². The van der Waals surface area contributed by atoms with Gasteiger partial charge in [-0.2, -0.15) is 0 Å². The van der Waals surface area contributed by atoms with E-state index in [-0.39, 0.29) is 24.3 Å². The van der Waals surface area contributed by atoms with E-state index >= 15 is 0 Å². The predicted molar refractivity (Wildman–Crippen MR) is 141 cm³/mol. The summed E-state index contributed by atoms with van der Waals surface area (Å²) >= 11 is 0. The second-order valence-corrected chi connectivity index (χ2v) is 10.3. The lowest BCUT2D eigenvalue weighted by Crippen LogP contribution is -2.53. The minimum atomic E-state index is -0.702. The number of nitrogens with zero attached hydrogens (tertiary/aromatic N) is 2. The van der Waals surface area contributed by atoms with Crippen molar-refractivity contribution in [3.05, 3.63) is 71.0 Å². The molecule has 0 unspecified atom stereocenters. The van der Waals surface area contributed by atoms with Gasteiger partial charge in [0.1, 0.15) is 5.82 Å². The second-order valence-electron chi connectivity index (χ2n) is 10.3. The molecule has 0 saturated carbocycles. The minimum absolute atomic E-state index is 0.137. The Morgan fingerprint density at radius 2 is 1.68 bits per heavy atom. The molecule has 0 aliphatic carbocycles. The van der Waals surface area contributed by atoms with E-state index in [1.54, 1.807) is 24.8 Å². The quantitative estimate of drug-likeness (QED) is 0.526. The van der Waals surface area contributed by atoms with Gasteiger partial charge in [0.25, 0.3) is 0 Å². The average molecular weight is 522 g/mol. The molecule has 2 aliphatic heterocycles. The van der Waals surface area contributed by atoms with E-state index in [1.807, 2.05) is 30.3 Å². The number of amides is 5. The summed E-state index contributed by atoms with van der Waals surface area (Å²) in [5, 5.41) is 8.21. The van der Waals surface area contributed by atoms with Crippen LogP contribution in [0.3, 0.4) is 0 Å². The van der Waals surface area contributed by atoms with Crippen molar-refractivity contribution in [2.45, 2.75) is 45.8 Å². The monoisotopic (exact) mass is 521 g/mol. The van der Waals surface area contributed by atoms with Crippen LogP contribution in [-0.2, 0) is 27.5 Å². The Labute approximate surface area is 221 Å². The lowest BCUT2D eigenvalue weighted by Gasteiger charge is -2.28. The Morgan fingerprint density at radius 3 is 2.34 bits per heavy atom. The van der Waals surface area contributed by atoms with E-state index in [2.05, 4.69) is 16.0 Å². The fraction of sp³-hybridized carbons (Fsp3) is 0.357. The van der Waals surface area contributed by atoms with Gasteiger partial charge in [-0.3, -0.25) is 14.4 Å². The third kappa shape index (κ3) is 6.56. The zero-order valence-electron chi connectivity index (χ0n) is 21.8. The number of hydrogen-bond donors (Lipinski definition) is 3. The number of carbonyl (C=O) groups is 4. The molecule has 0 radical (unpaired) electrons. The largest absolute Gasteiger partial charge is 0.350 e. The fourth-order valence-electron chi connectivity index (χ4n) is 4.63. The minimum Gasteiger partial charge on any atom is -0.350 e. The molecule has 2 aromatic carbocycles. The number of anilines is 1. The Hall–Kier alpha value is -4.21. The molecule has 0 atom stereocenters. The topological polar surface area (TPSA) is 111 Å². The van der Waals surface area contributed by atoms with Crippen LogP contribution in [0.25, 0.3) is 5.57 Å². The molecule has 200 valence electrons. The van der Waals surface area contributed by atoms with Crippen molar-refractivity contribution < 1.29 is 23.6 Å². The SMILES string of the molecule is CC(=O)NC(C)(C)CNC(=O)C(=O)N1CC=C(c2ccc(NC(=O)N3Cc4ccc(F)cc4C3)cc2)CC1. The van der Waals surface area contributed by atoms with Gasteiger partial charge in [0, 0.05) is 45.3 Å². The molecule has 2 heterocycles. The molecular weight excluding hydrogens is 489 g/mol. The average Bonchev–Trinajstić information content (AvgIpc) is 3.30. The number of nitrogens with one attached hydrogen (secondary N) is 3. The first-order valence-corrected chi connectivity index (χ1v) is 12.5. The highest BCUT2D eigenvalue weighted by atomic mass is 19.1. The normalized spacial score (nSPS) is 14.9. The Balaban J connectivity index is 1.27. The van der Waals surface area contributed by atoms with E-state index in [4.69, 9.17) is 0 Å². The van der Waals surface area contributed by atoms with Crippen LogP contribution in [0.15, 0.2) is 48.5 Å². The standard InChI is InChI=1S/C28H32FN5O4/c1-18(35)32-28(2,3)17-30-25(36)26(37)33-12-10-20(11-13-33)19-5-8-24(9-6-19)31-27(38)34-15-21-4-7-23(29)14-22(21)16-34/h4-10,14H,11-13,15-17H2,1-3H3,(H,30,36)(H,31,38)(H,32,35). The molecule has 0 spiro atoms. The molecule has 10 heteroatoms. The fourth-order valence-corrected chi connectivity index (χ4v) is 4.63. The maximum atomic E-state index is 13.5. The smallest absolute Gasteiger partial charge is 0.322 e. The maximum Gasteiger partial charge on any atom is 0.322 e. The van der Waals surface area contributed by atoms with Gasteiger partial charge in [0.05, 0.1) is 5.54 Å². The van der Waals surface area contributed by atoms with E-state index in [0.29, 0.717) is 38.3 Å². The highest BCUT2D eigenvalue weighted by molar-refractivity contribution is 6.35. The van der Waals surface area contributed by atoms with Crippen molar-refractivity contribution in [2.24, 2.45) is 0 Å². The van der Waals surface area contributed by atoms with Crippen LogP contribution in [0.1, 0.15) is 43.9 Å². The van der Waals surface area contributed by atoms with Crippen molar-refractivity contribution >= 4 is 35.0 Å². The highest BCUT2D eigenvalue weighted by Gasteiger charge is 2.27. The summed E-state index contributed by atoms with van der Waals surface area (Å²) in [7, 11) is 0. The molecule has 2 aliphatic rings. The molecular formula is C28H32FN5O4. The number of benzene rings is 2. The van der Waals surface area contributed by atoms with Gasteiger partial charge in [-0.25, -0.2) is 9.18 Å². The first-order chi connectivity index (χ1) is 18.0. The van der Waals surface area contributed by atoms with Gasteiger partial charge in [-0.05, 0) is 66.8 Å². The van der Waals surface area contributed by atoms with Gasteiger partial charge in [0.2, 0.25) is 5.91 Å². The van der Waals surface area contributed by atoms with Crippen LogP contribution < -0.4 is 16.0 Å². The van der Waals surface area contributed by atoms with Crippen molar-refractivity contribution in [3.63, 3.8) is 0 Å². The molecule has 0 saturated heterocycles. The number of carbonyl (C=O) groups excluding carboxylic acids is 4. The third-order valence-corrected chi connectivity index (χ3v) is 6.58. The van der Waals surface area contributed by atoms with Crippen LogP contribution in [0.4, 0.5) is 14.9 Å². The van der Waals surface area contributed by atoms with Crippen molar-refractivity contribution in [1.82, 2.24) is 20.4 Å². The number of halogens is 1. The van der Waals surface area contributed by atoms with Gasteiger partial charge in [-0.15, -0.1) is 0 Å². The summed E-state index contributed by atoms with van der Waals surface area (Å²) in [6.45, 7) is 6.58. The third-order valence-electron chi connectivity index (χ3n) is 6.58. The van der Waals surface area contributed by atoms with Crippen LogP contribution in [0.2, 0.25) is 0 Å². The van der Waals surface area contributed by atoms with E-state index in [9.17, 15) is 23.6 Å².